The Kier molecular flexibility index (Phi) is 2.45. The van der Waals surface area contributed by atoms with Crippen LogP contribution >= 0.6 is 0 Å². The number of hydrogen-bond acceptors (Lipinski definition) is 2. The van der Waals surface area contributed by atoms with E-state index in [0.29, 0.717) is 34.5 Å². The number of rotatable bonds is 1. The fourth-order valence-electron chi connectivity index (χ4n) is 8.78. The van der Waals surface area contributed by atoms with Crippen LogP contribution in [-0.2, 0) is 4.79 Å². The minimum absolute atomic E-state index is 0.00262. The highest BCUT2D eigenvalue weighted by Gasteiger charge is 2.83. The average molecular weight is 318 g/mol. The van der Waals surface area contributed by atoms with Crippen molar-refractivity contribution in [3.63, 3.8) is 0 Å². The fourth-order valence-corrected chi connectivity index (χ4v) is 8.78. The van der Waals surface area contributed by atoms with Crippen LogP contribution in [0.15, 0.2) is 0 Å². The lowest BCUT2D eigenvalue weighted by molar-refractivity contribution is -0.193. The summed E-state index contributed by atoms with van der Waals surface area (Å²) in [4.78, 5) is 11.9. The Balaban J connectivity index is 1.54. The molecule has 1 unspecified atom stereocenters. The van der Waals surface area contributed by atoms with Gasteiger partial charge in [0.25, 0.3) is 0 Å². The minimum Gasteiger partial charge on any atom is -0.481 e. The Hall–Kier alpha value is -0.570. The molecule has 0 aromatic carbocycles. The molecule has 0 heterocycles. The van der Waals surface area contributed by atoms with Gasteiger partial charge in [0.15, 0.2) is 0 Å². The van der Waals surface area contributed by atoms with Gasteiger partial charge in [0.2, 0.25) is 0 Å². The van der Waals surface area contributed by atoms with Gasteiger partial charge in [0, 0.05) is 0 Å². The number of aliphatic hydroxyl groups excluding tert-OH is 1. The van der Waals surface area contributed by atoms with Crippen molar-refractivity contribution >= 4 is 5.97 Å². The predicted octanol–water partition coefficient (Wildman–Crippen LogP) is 3.70. The second-order valence-electron chi connectivity index (χ2n) is 10.6. The number of aliphatic hydroxyl groups is 1. The molecule has 0 saturated heterocycles. The highest BCUT2D eigenvalue weighted by atomic mass is 16.4. The zero-order valence-corrected chi connectivity index (χ0v) is 14.6. The Morgan fingerprint density at radius 2 is 1.78 bits per heavy atom. The third-order valence-electron chi connectivity index (χ3n) is 9.83. The first-order chi connectivity index (χ1) is 10.7. The molecule has 6 saturated carbocycles. The van der Waals surface area contributed by atoms with E-state index in [0.717, 1.165) is 25.7 Å². The maximum Gasteiger partial charge on any atom is 0.310 e. The molecule has 6 fully saturated rings. The SMILES string of the molecule is CC1(C)C2CC[C@@]34C[C@H]5[C@@H](C[C@H]3[C@]2(C)CC[C@H]1O)[C@]5(C(=O)O)C4. The van der Waals surface area contributed by atoms with E-state index in [1.807, 2.05) is 0 Å². The molecule has 0 radical (unpaired) electrons. The molecule has 23 heavy (non-hydrogen) atoms. The third kappa shape index (κ3) is 1.38. The van der Waals surface area contributed by atoms with Crippen molar-refractivity contribution in [2.75, 3.05) is 0 Å². The predicted molar refractivity (Wildman–Crippen MR) is 86.7 cm³/mol. The van der Waals surface area contributed by atoms with E-state index in [1.165, 1.54) is 19.3 Å². The zero-order chi connectivity index (χ0) is 16.4. The maximum absolute atomic E-state index is 11.9. The van der Waals surface area contributed by atoms with Crippen LogP contribution in [0.2, 0.25) is 0 Å². The highest BCUT2D eigenvalue weighted by molar-refractivity contribution is 5.81. The number of carboxylic acid groups (broad SMARTS) is 1. The van der Waals surface area contributed by atoms with Gasteiger partial charge in [-0.05, 0) is 84.9 Å². The first-order valence-electron chi connectivity index (χ1n) is 9.60. The van der Waals surface area contributed by atoms with E-state index < -0.39 is 5.97 Å². The van der Waals surface area contributed by atoms with Gasteiger partial charge in [-0.2, -0.15) is 0 Å². The summed E-state index contributed by atoms with van der Waals surface area (Å²) >= 11 is 0. The van der Waals surface area contributed by atoms with Gasteiger partial charge in [0.1, 0.15) is 0 Å². The van der Waals surface area contributed by atoms with Crippen LogP contribution in [0.3, 0.4) is 0 Å². The summed E-state index contributed by atoms with van der Waals surface area (Å²) in [6, 6.07) is 0. The van der Waals surface area contributed by atoms with Crippen LogP contribution < -0.4 is 0 Å². The molecule has 2 N–H and O–H groups in total. The molecule has 8 atom stereocenters. The Morgan fingerprint density at radius 3 is 2.43 bits per heavy atom. The summed E-state index contributed by atoms with van der Waals surface area (Å²) in [6.45, 7) is 7.02. The normalized spacial score (nSPS) is 61.5. The van der Waals surface area contributed by atoms with Crippen LogP contribution in [0.5, 0.6) is 0 Å². The number of carboxylic acids is 1. The van der Waals surface area contributed by atoms with E-state index in [1.54, 1.807) is 0 Å². The summed E-state index contributed by atoms with van der Waals surface area (Å²) in [5.41, 5.74) is 0.284. The minimum atomic E-state index is -0.505. The van der Waals surface area contributed by atoms with Crippen molar-refractivity contribution in [2.24, 2.45) is 45.3 Å². The van der Waals surface area contributed by atoms with Crippen molar-refractivity contribution in [1.82, 2.24) is 0 Å². The molecular weight excluding hydrogens is 288 g/mol. The number of carbonyl (C=O) groups is 1. The lowest BCUT2D eigenvalue weighted by Crippen LogP contribution is -2.60. The number of aliphatic carboxylic acids is 1. The second kappa shape index (κ2) is 3.81. The van der Waals surface area contributed by atoms with Crippen LogP contribution in [0.4, 0.5) is 0 Å². The van der Waals surface area contributed by atoms with Crippen LogP contribution in [0.1, 0.15) is 65.7 Å². The molecule has 6 rings (SSSR count). The Morgan fingerprint density at radius 1 is 1.04 bits per heavy atom. The molecule has 6 aliphatic carbocycles. The van der Waals surface area contributed by atoms with Crippen molar-refractivity contribution in [1.29, 1.82) is 0 Å². The van der Waals surface area contributed by atoms with E-state index in [4.69, 9.17) is 0 Å². The van der Waals surface area contributed by atoms with E-state index >= 15 is 0 Å². The molecule has 3 nitrogen and oxygen atoms in total. The molecule has 0 aliphatic heterocycles. The molecule has 4 bridgehead atoms. The Labute approximate surface area is 138 Å². The fraction of sp³-hybridized carbons (Fsp3) is 0.950. The smallest absolute Gasteiger partial charge is 0.310 e. The van der Waals surface area contributed by atoms with Crippen molar-refractivity contribution in [3.8, 4) is 0 Å². The average Bonchev–Trinajstić information content (AvgIpc) is 2.99. The lowest BCUT2D eigenvalue weighted by atomic mass is 9.39. The summed E-state index contributed by atoms with van der Waals surface area (Å²) in [5, 5.41) is 20.4. The van der Waals surface area contributed by atoms with Gasteiger partial charge in [-0.25, -0.2) is 0 Å². The summed E-state index contributed by atoms with van der Waals surface area (Å²) in [5.74, 6) is 1.71. The van der Waals surface area contributed by atoms with Gasteiger partial charge in [-0.15, -0.1) is 0 Å². The first-order valence-corrected chi connectivity index (χ1v) is 9.60. The monoisotopic (exact) mass is 318 g/mol. The molecule has 0 aromatic rings. The van der Waals surface area contributed by atoms with Crippen LogP contribution in [-0.4, -0.2) is 22.3 Å². The molecule has 128 valence electrons. The van der Waals surface area contributed by atoms with Gasteiger partial charge in [-0.3, -0.25) is 4.79 Å². The molecular formula is C20H30O3. The van der Waals surface area contributed by atoms with Crippen molar-refractivity contribution < 1.29 is 15.0 Å². The second-order valence-corrected chi connectivity index (χ2v) is 10.6. The van der Waals surface area contributed by atoms with E-state index in [-0.39, 0.29) is 16.9 Å². The summed E-state index contributed by atoms with van der Waals surface area (Å²) in [7, 11) is 0. The van der Waals surface area contributed by atoms with Gasteiger partial charge in [-0.1, -0.05) is 20.8 Å². The molecule has 0 amide bonds. The van der Waals surface area contributed by atoms with E-state index in [9.17, 15) is 15.0 Å². The number of fused-ring (bicyclic) bond motifs is 1. The zero-order valence-electron chi connectivity index (χ0n) is 14.6. The van der Waals surface area contributed by atoms with Crippen LogP contribution in [0.25, 0.3) is 0 Å². The lowest BCUT2D eigenvalue weighted by Gasteiger charge is -2.66. The third-order valence-corrected chi connectivity index (χ3v) is 9.83. The molecule has 6 aliphatic rings. The first kappa shape index (κ1) is 14.7. The standard InChI is InChI=1S/C20H30O3/c1-17(2)13-4-7-19-9-12-11(20(12,10-19)16(22)23)8-14(19)18(13,3)6-5-15(17)21/h11-15,21H,4-10H2,1-3H3,(H,22,23)/t11-,12+,13?,14+,15-,18-,19+,20-/m1/s1. The van der Waals surface area contributed by atoms with Crippen LogP contribution in [0, 0.1) is 45.3 Å². The molecule has 3 heteroatoms. The van der Waals surface area contributed by atoms with Crippen molar-refractivity contribution in [3.05, 3.63) is 0 Å². The largest absolute Gasteiger partial charge is 0.481 e. The van der Waals surface area contributed by atoms with Gasteiger partial charge >= 0.3 is 5.97 Å². The van der Waals surface area contributed by atoms with Crippen molar-refractivity contribution in [2.45, 2.75) is 71.8 Å². The summed E-state index contributed by atoms with van der Waals surface area (Å²) < 4.78 is 0. The van der Waals surface area contributed by atoms with Gasteiger partial charge in [0.05, 0.1) is 11.5 Å². The Bertz CT molecular complexity index is 598. The number of hydrogen-bond donors (Lipinski definition) is 2. The maximum atomic E-state index is 11.9. The highest BCUT2D eigenvalue weighted by Crippen LogP contribution is 2.85. The molecule has 1 spiro atoms. The summed E-state index contributed by atoms with van der Waals surface area (Å²) in [6.07, 6.45) is 7.55. The molecule has 0 aromatic heterocycles. The van der Waals surface area contributed by atoms with Gasteiger partial charge < -0.3 is 10.2 Å². The van der Waals surface area contributed by atoms with E-state index in [2.05, 4.69) is 20.8 Å². The topological polar surface area (TPSA) is 57.5 Å². The quantitative estimate of drug-likeness (QED) is 0.775.